The predicted octanol–water partition coefficient (Wildman–Crippen LogP) is 3.27. The van der Waals surface area contributed by atoms with Crippen LogP contribution < -0.4 is 5.32 Å². The second kappa shape index (κ2) is 6.42. The molecule has 1 amide bonds. The van der Waals surface area contributed by atoms with Crippen LogP contribution in [-0.4, -0.2) is 12.5 Å². The quantitative estimate of drug-likeness (QED) is 0.808. The zero-order valence-electron chi connectivity index (χ0n) is 10.4. The van der Waals surface area contributed by atoms with E-state index in [4.69, 9.17) is 0 Å². The van der Waals surface area contributed by atoms with E-state index in [9.17, 15) is 18.0 Å². The van der Waals surface area contributed by atoms with Gasteiger partial charge < -0.3 is 5.32 Å². The van der Waals surface area contributed by atoms with E-state index in [1.165, 1.54) is 0 Å². The molecule has 0 atom stereocenters. The molecule has 1 aromatic carbocycles. The summed E-state index contributed by atoms with van der Waals surface area (Å²) in [7, 11) is 0. The maximum atomic E-state index is 13.3. The molecule has 0 aromatic heterocycles. The van der Waals surface area contributed by atoms with Gasteiger partial charge in [-0.15, -0.1) is 0 Å². The molecule has 0 unspecified atom stereocenters. The summed E-state index contributed by atoms with van der Waals surface area (Å²) >= 11 is 0. The number of amides is 1. The normalized spacial score (nSPS) is 10.8. The van der Waals surface area contributed by atoms with Gasteiger partial charge in [0.1, 0.15) is 0 Å². The van der Waals surface area contributed by atoms with E-state index >= 15 is 0 Å². The van der Waals surface area contributed by atoms with Gasteiger partial charge in [-0.1, -0.05) is 26.7 Å². The fourth-order valence-corrected chi connectivity index (χ4v) is 1.61. The Morgan fingerprint density at radius 2 is 1.78 bits per heavy atom. The molecule has 0 aliphatic carbocycles. The summed E-state index contributed by atoms with van der Waals surface area (Å²) in [5, 5.41) is 2.52. The van der Waals surface area contributed by atoms with Crippen molar-refractivity contribution in [1.29, 1.82) is 0 Å². The topological polar surface area (TPSA) is 29.1 Å². The summed E-state index contributed by atoms with van der Waals surface area (Å²) in [6.45, 7) is 4.36. The van der Waals surface area contributed by atoms with Crippen LogP contribution in [0.25, 0.3) is 0 Å². The molecular formula is C13H16F3NO. The minimum Gasteiger partial charge on any atom is -0.352 e. The van der Waals surface area contributed by atoms with Crippen LogP contribution in [0.2, 0.25) is 0 Å². The second-order valence-electron chi connectivity index (χ2n) is 4.12. The average molecular weight is 259 g/mol. The average Bonchev–Trinajstić information content (AvgIpc) is 2.37. The van der Waals surface area contributed by atoms with Crippen molar-refractivity contribution in [3.8, 4) is 0 Å². The van der Waals surface area contributed by atoms with E-state index in [2.05, 4.69) is 5.32 Å². The Morgan fingerprint density at radius 1 is 1.17 bits per heavy atom. The molecule has 2 nitrogen and oxygen atoms in total. The minimum atomic E-state index is -1.62. The summed E-state index contributed by atoms with van der Waals surface area (Å²) in [4.78, 5) is 11.6. The molecule has 0 fully saturated rings. The zero-order chi connectivity index (χ0) is 13.7. The first-order valence-corrected chi connectivity index (χ1v) is 5.92. The molecule has 1 N–H and O–H groups in total. The molecule has 5 heteroatoms. The molecule has 1 rings (SSSR count). The van der Waals surface area contributed by atoms with Gasteiger partial charge in [-0.25, -0.2) is 13.2 Å². The van der Waals surface area contributed by atoms with Crippen LogP contribution >= 0.6 is 0 Å². The van der Waals surface area contributed by atoms with Crippen molar-refractivity contribution in [3.05, 3.63) is 35.1 Å². The third-order valence-electron chi connectivity index (χ3n) is 2.99. The Labute approximate surface area is 104 Å². The van der Waals surface area contributed by atoms with Crippen molar-refractivity contribution in [3.63, 3.8) is 0 Å². The number of hydrogen-bond donors (Lipinski definition) is 1. The Kier molecular flexibility index (Phi) is 5.19. The summed E-state index contributed by atoms with van der Waals surface area (Å²) in [5.74, 6) is -4.80. The molecule has 0 radical (unpaired) electrons. The van der Waals surface area contributed by atoms with Crippen LogP contribution in [0, 0.1) is 23.4 Å². The molecule has 0 heterocycles. The molecule has 0 saturated heterocycles. The first kappa shape index (κ1) is 14.5. The fourth-order valence-electron chi connectivity index (χ4n) is 1.61. The van der Waals surface area contributed by atoms with Crippen molar-refractivity contribution in [2.45, 2.75) is 26.7 Å². The lowest BCUT2D eigenvalue weighted by Crippen LogP contribution is -2.29. The van der Waals surface area contributed by atoms with E-state index in [0.717, 1.165) is 25.0 Å². The number of rotatable bonds is 5. The van der Waals surface area contributed by atoms with Crippen LogP contribution in [0.4, 0.5) is 13.2 Å². The lowest BCUT2D eigenvalue weighted by molar-refractivity contribution is 0.0941. The van der Waals surface area contributed by atoms with Gasteiger partial charge in [0.15, 0.2) is 17.5 Å². The molecule has 0 saturated carbocycles. The Bertz CT molecular complexity index is 430. The number of hydrogen-bond acceptors (Lipinski definition) is 1. The van der Waals surface area contributed by atoms with E-state index in [1.807, 2.05) is 13.8 Å². The minimum absolute atomic E-state index is 0.294. The number of carbonyl (C=O) groups excluding carboxylic acids is 1. The number of halogens is 3. The fraction of sp³-hybridized carbons (Fsp3) is 0.462. The Morgan fingerprint density at radius 3 is 2.33 bits per heavy atom. The van der Waals surface area contributed by atoms with Gasteiger partial charge in [-0.2, -0.15) is 0 Å². The van der Waals surface area contributed by atoms with Gasteiger partial charge >= 0.3 is 0 Å². The molecule has 0 bridgehead atoms. The maximum Gasteiger partial charge on any atom is 0.254 e. The zero-order valence-corrected chi connectivity index (χ0v) is 10.4. The third-order valence-corrected chi connectivity index (χ3v) is 2.99. The van der Waals surface area contributed by atoms with Crippen LogP contribution in [0.5, 0.6) is 0 Å². The highest BCUT2D eigenvalue weighted by molar-refractivity contribution is 5.94. The van der Waals surface area contributed by atoms with Gasteiger partial charge in [0.05, 0.1) is 5.56 Å². The summed E-state index contributed by atoms with van der Waals surface area (Å²) < 4.78 is 39.0. The van der Waals surface area contributed by atoms with Crippen LogP contribution in [0.3, 0.4) is 0 Å². The highest BCUT2D eigenvalue weighted by atomic mass is 19.2. The maximum absolute atomic E-state index is 13.3. The van der Waals surface area contributed by atoms with Gasteiger partial charge in [0.2, 0.25) is 0 Å². The van der Waals surface area contributed by atoms with Gasteiger partial charge in [0.25, 0.3) is 5.91 Å². The van der Waals surface area contributed by atoms with E-state index < -0.39 is 28.9 Å². The highest BCUT2D eigenvalue weighted by Crippen LogP contribution is 2.15. The largest absolute Gasteiger partial charge is 0.352 e. The molecule has 100 valence electrons. The molecular weight excluding hydrogens is 243 g/mol. The summed E-state index contributed by atoms with van der Waals surface area (Å²) in [6.07, 6.45) is 1.77. The van der Waals surface area contributed by atoms with Gasteiger partial charge in [-0.3, -0.25) is 4.79 Å². The van der Waals surface area contributed by atoms with E-state index in [-0.39, 0.29) is 0 Å². The summed E-state index contributed by atoms with van der Waals surface area (Å²) in [6, 6.07) is 1.68. The monoisotopic (exact) mass is 259 g/mol. The molecule has 0 aliphatic rings. The van der Waals surface area contributed by atoms with Crippen molar-refractivity contribution < 1.29 is 18.0 Å². The Balaban J connectivity index is 2.76. The van der Waals surface area contributed by atoms with Crippen LogP contribution in [0.15, 0.2) is 12.1 Å². The van der Waals surface area contributed by atoms with E-state index in [0.29, 0.717) is 12.5 Å². The smallest absolute Gasteiger partial charge is 0.254 e. The summed E-state index contributed by atoms with van der Waals surface area (Å²) in [5.41, 5.74) is -0.472. The first-order valence-electron chi connectivity index (χ1n) is 5.92. The highest BCUT2D eigenvalue weighted by Gasteiger charge is 2.18. The molecule has 0 aliphatic heterocycles. The van der Waals surface area contributed by atoms with Crippen LogP contribution in [-0.2, 0) is 0 Å². The Hall–Kier alpha value is -1.52. The number of benzene rings is 1. The SMILES string of the molecule is CCC(CC)CNC(=O)c1ccc(F)c(F)c1F. The molecule has 0 spiro atoms. The van der Waals surface area contributed by atoms with Crippen molar-refractivity contribution in [1.82, 2.24) is 5.32 Å². The number of nitrogens with one attached hydrogen (secondary N) is 1. The van der Waals surface area contributed by atoms with Gasteiger partial charge in [0, 0.05) is 6.54 Å². The standard InChI is InChI=1S/C13H16F3NO/c1-3-8(4-2)7-17-13(18)9-5-6-10(14)12(16)11(9)15/h5-6,8H,3-4,7H2,1-2H3,(H,17,18). The predicted molar refractivity (Wildman–Crippen MR) is 62.7 cm³/mol. The molecule has 18 heavy (non-hydrogen) atoms. The van der Waals surface area contributed by atoms with E-state index in [1.54, 1.807) is 0 Å². The lowest BCUT2D eigenvalue weighted by atomic mass is 10.0. The lowest BCUT2D eigenvalue weighted by Gasteiger charge is -2.13. The molecule has 1 aromatic rings. The second-order valence-corrected chi connectivity index (χ2v) is 4.12. The van der Waals surface area contributed by atoms with Crippen LogP contribution in [0.1, 0.15) is 37.0 Å². The first-order chi connectivity index (χ1) is 8.51. The third kappa shape index (κ3) is 3.24. The van der Waals surface area contributed by atoms with Crippen molar-refractivity contribution in [2.75, 3.05) is 6.54 Å². The number of carbonyl (C=O) groups is 1. The van der Waals surface area contributed by atoms with Gasteiger partial charge in [-0.05, 0) is 18.1 Å². The van der Waals surface area contributed by atoms with Crippen molar-refractivity contribution >= 4 is 5.91 Å². The van der Waals surface area contributed by atoms with Crippen molar-refractivity contribution in [2.24, 2.45) is 5.92 Å².